The van der Waals surface area contributed by atoms with E-state index in [-0.39, 0.29) is 0 Å². The lowest BCUT2D eigenvalue weighted by Gasteiger charge is -2.01. The van der Waals surface area contributed by atoms with Gasteiger partial charge < -0.3 is 0 Å². The molecule has 0 spiro atoms. The van der Waals surface area contributed by atoms with Gasteiger partial charge in [-0.15, -0.1) is 5.92 Å². The molecule has 0 saturated carbocycles. The standard InChI is InChI=1S/C16H11/c1-2-6-12-8-5-10-15-14-9-4-3-7-13(14)11-16(12)15/h3-5,7-11H,1H3. The van der Waals surface area contributed by atoms with E-state index in [0.29, 0.717) is 0 Å². The molecule has 0 atom stereocenters. The van der Waals surface area contributed by atoms with Crippen LogP contribution in [0.25, 0.3) is 11.1 Å². The molecule has 1 aliphatic rings. The molecule has 0 nitrogen and oxygen atoms in total. The molecule has 0 aliphatic heterocycles. The summed E-state index contributed by atoms with van der Waals surface area (Å²) in [6.45, 7) is 1.88. The van der Waals surface area contributed by atoms with Gasteiger partial charge in [-0.25, -0.2) is 0 Å². The molecule has 0 N–H and O–H groups in total. The van der Waals surface area contributed by atoms with Crippen molar-refractivity contribution in [1.82, 2.24) is 0 Å². The quantitative estimate of drug-likeness (QED) is 0.489. The molecule has 0 amide bonds. The van der Waals surface area contributed by atoms with Crippen molar-refractivity contribution in [2.45, 2.75) is 6.92 Å². The Morgan fingerprint density at radius 3 is 2.56 bits per heavy atom. The van der Waals surface area contributed by atoms with Gasteiger partial charge in [0.25, 0.3) is 0 Å². The Kier molecular flexibility index (Phi) is 2.04. The lowest BCUT2D eigenvalue weighted by molar-refractivity contribution is 1.51. The molecule has 1 radical (unpaired) electrons. The minimum atomic E-state index is 1.12. The third kappa shape index (κ3) is 1.26. The van der Waals surface area contributed by atoms with Crippen molar-refractivity contribution in [1.29, 1.82) is 0 Å². The Balaban J connectivity index is 2.26. The Labute approximate surface area is 95.9 Å². The van der Waals surface area contributed by atoms with E-state index in [2.05, 4.69) is 60.7 Å². The normalized spacial score (nSPS) is 11.3. The van der Waals surface area contributed by atoms with Gasteiger partial charge >= 0.3 is 0 Å². The molecule has 0 fully saturated rings. The zero-order valence-electron chi connectivity index (χ0n) is 9.12. The predicted octanol–water partition coefficient (Wildman–Crippen LogP) is 3.64. The third-order valence-electron chi connectivity index (χ3n) is 2.92. The van der Waals surface area contributed by atoms with E-state index in [1.54, 1.807) is 0 Å². The average Bonchev–Trinajstić information content (AvgIpc) is 2.69. The first-order valence-electron chi connectivity index (χ1n) is 5.40. The highest BCUT2D eigenvalue weighted by Crippen LogP contribution is 2.38. The maximum Gasteiger partial charge on any atom is 0.0289 e. The Morgan fingerprint density at radius 2 is 1.69 bits per heavy atom. The highest BCUT2D eigenvalue weighted by molar-refractivity contribution is 5.83. The van der Waals surface area contributed by atoms with Crippen molar-refractivity contribution in [2.75, 3.05) is 0 Å². The monoisotopic (exact) mass is 203 g/mol. The van der Waals surface area contributed by atoms with E-state index < -0.39 is 0 Å². The minimum absolute atomic E-state index is 1.12. The highest BCUT2D eigenvalue weighted by Gasteiger charge is 2.19. The second-order valence-electron chi connectivity index (χ2n) is 3.87. The molecular weight excluding hydrogens is 192 g/mol. The Bertz CT molecular complexity index is 609. The summed E-state index contributed by atoms with van der Waals surface area (Å²) in [5.41, 5.74) is 6.30. The summed E-state index contributed by atoms with van der Waals surface area (Å²) in [6, 6.07) is 14.8. The van der Waals surface area contributed by atoms with Crippen LogP contribution in [0, 0.1) is 18.3 Å². The van der Waals surface area contributed by atoms with Gasteiger partial charge in [-0.05, 0) is 35.2 Å². The summed E-state index contributed by atoms with van der Waals surface area (Å²) in [7, 11) is 0. The molecule has 75 valence electrons. The van der Waals surface area contributed by atoms with Gasteiger partial charge in [-0.1, -0.05) is 42.3 Å². The predicted molar refractivity (Wildman–Crippen MR) is 66.9 cm³/mol. The summed E-state index contributed by atoms with van der Waals surface area (Å²) in [4.78, 5) is 0. The van der Waals surface area contributed by atoms with Crippen molar-refractivity contribution in [2.24, 2.45) is 0 Å². The maximum atomic E-state index is 3.16. The third-order valence-corrected chi connectivity index (χ3v) is 2.92. The first-order chi connectivity index (χ1) is 7.90. The molecule has 0 heteroatoms. The summed E-state index contributed by atoms with van der Waals surface area (Å²) in [5.74, 6) is 6.13. The number of rotatable bonds is 0. The van der Waals surface area contributed by atoms with Crippen molar-refractivity contribution < 1.29 is 0 Å². The van der Waals surface area contributed by atoms with Crippen LogP contribution in [-0.4, -0.2) is 0 Å². The molecule has 0 bridgehead atoms. The number of fused-ring (bicyclic) bond motifs is 3. The SMILES string of the molecule is CC#Cc1cccc2c1[CH]c1ccccc1-2. The molecule has 2 aromatic rings. The molecule has 0 heterocycles. The van der Waals surface area contributed by atoms with Crippen LogP contribution in [0.15, 0.2) is 42.5 Å². The van der Waals surface area contributed by atoms with E-state index >= 15 is 0 Å². The number of hydrogen-bond donors (Lipinski definition) is 0. The van der Waals surface area contributed by atoms with Gasteiger partial charge in [0.1, 0.15) is 0 Å². The fraction of sp³-hybridized carbons (Fsp3) is 0.0625. The van der Waals surface area contributed by atoms with Crippen LogP contribution in [0.5, 0.6) is 0 Å². The highest BCUT2D eigenvalue weighted by atomic mass is 14.2. The van der Waals surface area contributed by atoms with Crippen LogP contribution in [0.2, 0.25) is 0 Å². The zero-order chi connectivity index (χ0) is 11.0. The van der Waals surface area contributed by atoms with Crippen LogP contribution in [0.1, 0.15) is 23.6 Å². The van der Waals surface area contributed by atoms with Gasteiger partial charge in [0.15, 0.2) is 0 Å². The molecule has 0 aromatic heterocycles. The molecule has 1 aliphatic carbocycles. The van der Waals surface area contributed by atoms with Gasteiger partial charge in [0.05, 0.1) is 0 Å². The van der Waals surface area contributed by atoms with E-state index in [1.165, 1.54) is 22.3 Å². The van der Waals surface area contributed by atoms with E-state index in [9.17, 15) is 0 Å². The summed E-state index contributed by atoms with van der Waals surface area (Å²) in [6.07, 6.45) is 2.23. The van der Waals surface area contributed by atoms with Gasteiger partial charge in [0.2, 0.25) is 0 Å². The van der Waals surface area contributed by atoms with Crippen LogP contribution in [0.4, 0.5) is 0 Å². The molecule has 0 saturated heterocycles. The average molecular weight is 203 g/mol. The van der Waals surface area contributed by atoms with Crippen molar-refractivity contribution >= 4 is 0 Å². The second-order valence-corrected chi connectivity index (χ2v) is 3.87. The minimum Gasteiger partial charge on any atom is -0.101 e. The fourth-order valence-electron chi connectivity index (χ4n) is 2.22. The van der Waals surface area contributed by atoms with E-state index in [1.807, 2.05) is 6.92 Å². The van der Waals surface area contributed by atoms with Crippen molar-refractivity contribution in [3.63, 3.8) is 0 Å². The topological polar surface area (TPSA) is 0 Å². The van der Waals surface area contributed by atoms with Crippen LogP contribution >= 0.6 is 0 Å². The van der Waals surface area contributed by atoms with E-state index in [4.69, 9.17) is 0 Å². The summed E-state index contributed by atoms with van der Waals surface area (Å²) >= 11 is 0. The Hall–Kier alpha value is -2.00. The first-order valence-corrected chi connectivity index (χ1v) is 5.40. The number of hydrogen-bond acceptors (Lipinski definition) is 0. The molecular formula is C16H11. The molecule has 3 rings (SSSR count). The van der Waals surface area contributed by atoms with Crippen LogP contribution in [0.3, 0.4) is 0 Å². The van der Waals surface area contributed by atoms with Crippen LogP contribution in [-0.2, 0) is 0 Å². The summed E-state index contributed by atoms with van der Waals surface area (Å²) in [5, 5.41) is 0. The smallest absolute Gasteiger partial charge is 0.0289 e. The van der Waals surface area contributed by atoms with E-state index in [0.717, 1.165) is 5.56 Å². The lowest BCUT2D eigenvalue weighted by atomic mass is 10.0. The summed E-state index contributed by atoms with van der Waals surface area (Å²) < 4.78 is 0. The van der Waals surface area contributed by atoms with Gasteiger partial charge in [0, 0.05) is 12.0 Å². The number of benzene rings is 2. The van der Waals surface area contributed by atoms with Crippen LogP contribution < -0.4 is 0 Å². The fourth-order valence-corrected chi connectivity index (χ4v) is 2.22. The molecule has 16 heavy (non-hydrogen) atoms. The van der Waals surface area contributed by atoms with Gasteiger partial charge in [-0.3, -0.25) is 0 Å². The van der Waals surface area contributed by atoms with Crippen molar-refractivity contribution in [3.8, 4) is 23.0 Å². The first kappa shape index (κ1) is 9.24. The van der Waals surface area contributed by atoms with Crippen molar-refractivity contribution in [3.05, 3.63) is 65.6 Å². The molecule has 2 aromatic carbocycles. The Morgan fingerprint density at radius 1 is 0.875 bits per heavy atom. The maximum absolute atomic E-state index is 3.16. The lowest BCUT2D eigenvalue weighted by Crippen LogP contribution is -1.84. The zero-order valence-corrected chi connectivity index (χ0v) is 9.12. The van der Waals surface area contributed by atoms with Gasteiger partial charge in [-0.2, -0.15) is 0 Å². The largest absolute Gasteiger partial charge is 0.101 e. The second kappa shape index (κ2) is 3.54. The molecule has 0 unspecified atom stereocenters.